The number of halogens is 1. The fraction of sp³-hybridized carbons (Fsp3) is 0.250. The van der Waals surface area contributed by atoms with Crippen molar-refractivity contribution >= 4 is 5.82 Å². The van der Waals surface area contributed by atoms with Gasteiger partial charge in [-0.25, -0.2) is 13.9 Å². The van der Waals surface area contributed by atoms with Crippen molar-refractivity contribution in [2.24, 2.45) is 7.05 Å². The van der Waals surface area contributed by atoms with Crippen LogP contribution in [0.3, 0.4) is 0 Å². The number of hydrogen-bond donors (Lipinski definition) is 0. The van der Waals surface area contributed by atoms with E-state index in [1.165, 1.54) is 17.7 Å². The second kappa shape index (κ2) is 5.05. The number of rotatable bonds is 4. The summed E-state index contributed by atoms with van der Waals surface area (Å²) in [5.41, 5.74) is 0.395. The number of aromatic nitrogens is 2. The topological polar surface area (TPSA) is 70.2 Å². The summed E-state index contributed by atoms with van der Waals surface area (Å²) in [5, 5.41) is 10.7. The third kappa shape index (κ3) is 2.54. The van der Waals surface area contributed by atoms with Crippen LogP contribution in [0.5, 0.6) is 5.75 Å². The van der Waals surface area contributed by atoms with Crippen LogP contribution in [0.2, 0.25) is 0 Å². The number of nitrogens with zero attached hydrogens (tertiary/aromatic N) is 3. The zero-order valence-electron chi connectivity index (χ0n) is 10.5. The Kier molecular flexibility index (Phi) is 3.46. The molecule has 0 amide bonds. The molecule has 0 bridgehead atoms. The number of hydrogen-bond acceptors (Lipinski definition) is 4. The van der Waals surface area contributed by atoms with Crippen molar-refractivity contribution in [3.05, 3.63) is 51.7 Å². The Hall–Kier alpha value is -2.44. The Morgan fingerprint density at radius 2 is 2.26 bits per heavy atom. The lowest BCUT2D eigenvalue weighted by Crippen LogP contribution is -2.06. The third-order valence-electron chi connectivity index (χ3n) is 2.82. The van der Waals surface area contributed by atoms with E-state index in [1.54, 1.807) is 19.1 Å². The van der Waals surface area contributed by atoms with E-state index in [2.05, 4.69) is 4.98 Å². The van der Waals surface area contributed by atoms with Gasteiger partial charge >= 0.3 is 5.82 Å². The minimum Gasteiger partial charge on any atom is -0.483 e. The van der Waals surface area contributed by atoms with E-state index >= 15 is 0 Å². The molecule has 6 nitrogen and oxygen atoms in total. The molecule has 100 valence electrons. The van der Waals surface area contributed by atoms with E-state index in [1.807, 2.05) is 0 Å². The molecule has 2 aromatic rings. The lowest BCUT2D eigenvalue weighted by Gasteiger charge is -2.07. The Morgan fingerprint density at radius 3 is 2.89 bits per heavy atom. The summed E-state index contributed by atoms with van der Waals surface area (Å²) in [4.78, 5) is 14.0. The molecule has 2 rings (SSSR count). The second-order valence-electron chi connectivity index (χ2n) is 4.00. The zero-order valence-corrected chi connectivity index (χ0v) is 10.5. The molecule has 0 saturated heterocycles. The number of nitro groups is 1. The average Bonchev–Trinajstić information content (AvgIpc) is 2.73. The quantitative estimate of drug-likeness (QED) is 0.628. The van der Waals surface area contributed by atoms with Crippen LogP contribution >= 0.6 is 0 Å². The fourth-order valence-electron chi connectivity index (χ4n) is 1.63. The maximum Gasteiger partial charge on any atom is 0.342 e. The van der Waals surface area contributed by atoms with Gasteiger partial charge < -0.3 is 14.9 Å². The molecule has 1 aromatic heterocycles. The monoisotopic (exact) mass is 265 g/mol. The van der Waals surface area contributed by atoms with Gasteiger partial charge in [0.1, 0.15) is 17.8 Å². The van der Waals surface area contributed by atoms with Crippen molar-refractivity contribution in [1.29, 1.82) is 0 Å². The van der Waals surface area contributed by atoms with Crippen molar-refractivity contribution in [1.82, 2.24) is 9.55 Å². The van der Waals surface area contributed by atoms with Crippen LogP contribution in [-0.2, 0) is 13.7 Å². The molecule has 7 heteroatoms. The van der Waals surface area contributed by atoms with Gasteiger partial charge in [0.2, 0.25) is 5.82 Å². The molecule has 0 saturated carbocycles. The maximum absolute atomic E-state index is 13.3. The number of ether oxygens (including phenoxy) is 1. The van der Waals surface area contributed by atoms with Gasteiger partial charge in [0, 0.05) is 5.56 Å². The van der Waals surface area contributed by atoms with Crippen LogP contribution in [0.4, 0.5) is 10.2 Å². The van der Waals surface area contributed by atoms with Crippen LogP contribution < -0.4 is 4.74 Å². The van der Waals surface area contributed by atoms with Crippen molar-refractivity contribution in [3.8, 4) is 5.75 Å². The van der Waals surface area contributed by atoms with Gasteiger partial charge in [-0.3, -0.25) is 0 Å². The van der Waals surface area contributed by atoms with Crippen molar-refractivity contribution in [2.45, 2.75) is 13.5 Å². The SMILES string of the molecule is Cc1c(F)cccc1OCc1ncc([N+](=O)[O-])n1C. The molecule has 1 aromatic carbocycles. The first kappa shape index (κ1) is 13.0. The highest BCUT2D eigenvalue weighted by molar-refractivity contribution is 5.33. The van der Waals surface area contributed by atoms with Crippen molar-refractivity contribution < 1.29 is 14.1 Å². The molecule has 0 N–H and O–H groups in total. The average molecular weight is 265 g/mol. The fourth-order valence-corrected chi connectivity index (χ4v) is 1.63. The molecule has 0 radical (unpaired) electrons. The Labute approximate surface area is 108 Å². The Bertz CT molecular complexity index is 625. The highest BCUT2D eigenvalue weighted by Gasteiger charge is 2.17. The van der Waals surface area contributed by atoms with Gasteiger partial charge in [0.05, 0.1) is 7.05 Å². The summed E-state index contributed by atoms with van der Waals surface area (Å²) in [6.45, 7) is 1.64. The molecule has 19 heavy (non-hydrogen) atoms. The Morgan fingerprint density at radius 1 is 1.53 bits per heavy atom. The van der Waals surface area contributed by atoms with Gasteiger partial charge in [0.15, 0.2) is 6.61 Å². The number of imidazole rings is 1. The molecule has 0 spiro atoms. The lowest BCUT2D eigenvalue weighted by atomic mass is 10.2. The van der Waals surface area contributed by atoms with E-state index in [0.29, 0.717) is 17.1 Å². The molecule has 0 fully saturated rings. The van der Waals surface area contributed by atoms with E-state index in [0.717, 1.165) is 6.20 Å². The van der Waals surface area contributed by atoms with Crippen LogP contribution in [0, 0.1) is 22.9 Å². The summed E-state index contributed by atoms with van der Waals surface area (Å²) in [5.74, 6) is 0.318. The molecule has 1 heterocycles. The zero-order chi connectivity index (χ0) is 14.0. The van der Waals surface area contributed by atoms with Gasteiger partial charge in [0.25, 0.3) is 0 Å². The van der Waals surface area contributed by atoms with Gasteiger partial charge in [-0.05, 0) is 24.0 Å². The van der Waals surface area contributed by atoms with E-state index < -0.39 is 4.92 Å². The van der Waals surface area contributed by atoms with Crippen LogP contribution in [-0.4, -0.2) is 14.5 Å². The molecule has 0 aliphatic rings. The van der Waals surface area contributed by atoms with Crippen LogP contribution in [0.15, 0.2) is 24.4 Å². The Balaban J connectivity index is 2.15. The van der Waals surface area contributed by atoms with E-state index in [4.69, 9.17) is 4.74 Å². The van der Waals surface area contributed by atoms with Crippen molar-refractivity contribution in [3.63, 3.8) is 0 Å². The largest absolute Gasteiger partial charge is 0.483 e. The first-order valence-corrected chi connectivity index (χ1v) is 5.53. The van der Waals surface area contributed by atoms with E-state index in [-0.39, 0.29) is 18.2 Å². The summed E-state index contributed by atoms with van der Waals surface area (Å²) in [6.07, 6.45) is 1.16. The predicted molar refractivity (Wildman–Crippen MR) is 65.3 cm³/mol. The summed E-state index contributed by atoms with van der Waals surface area (Å²) >= 11 is 0. The molecular weight excluding hydrogens is 253 g/mol. The first-order chi connectivity index (χ1) is 9.00. The second-order valence-corrected chi connectivity index (χ2v) is 4.00. The van der Waals surface area contributed by atoms with Gasteiger partial charge in [-0.1, -0.05) is 6.07 Å². The minimum absolute atomic E-state index is 0.0363. The summed E-state index contributed by atoms with van der Waals surface area (Å²) in [7, 11) is 1.53. The van der Waals surface area contributed by atoms with Crippen LogP contribution in [0.1, 0.15) is 11.4 Å². The third-order valence-corrected chi connectivity index (χ3v) is 2.82. The van der Waals surface area contributed by atoms with Gasteiger partial charge in [-0.2, -0.15) is 0 Å². The highest BCUT2D eigenvalue weighted by Crippen LogP contribution is 2.21. The standard InChI is InChI=1S/C12H12FN3O3/c1-8-9(13)4-3-5-10(8)19-7-11-14-6-12(15(11)2)16(17)18/h3-6H,7H2,1-2H3. The molecule has 0 atom stereocenters. The first-order valence-electron chi connectivity index (χ1n) is 5.53. The number of benzene rings is 1. The highest BCUT2D eigenvalue weighted by atomic mass is 19.1. The van der Waals surface area contributed by atoms with E-state index in [9.17, 15) is 14.5 Å². The maximum atomic E-state index is 13.3. The van der Waals surface area contributed by atoms with Gasteiger partial charge in [-0.15, -0.1) is 0 Å². The van der Waals surface area contributed by atoms with Crippen molar-refractivity contribution in [2.75, 3.05) is 0 Å². The summed E-state index contributed by atoms with van der Waals surface area (Å²) < 4.78 is 20.1. The molecule has 0 unspecified atom stereocenters. The summed E-state index contributed by atoms with van der Waals surface area (Å²) in [6, 6.07) is 4.52. The normalized spacial score (nSPS) is 10.5. The smallest absolute Gasteiger partial charge is 0.342 e. The minimum atomic E-state index is -0.524. The molecular formula is C12H12FN3O3. The van der Waals surface area contributed by atoms with Crippen LogP contribution in [0.25, 0.3) is 0 Å². The lowest BCUT2D eigenvalue weighted by molar-refractivity contribution is -0.391. The molecule has 0 aliphatic heterocycles. The predicted octanol–water partition coefficient (Wildman–Crippen LogP) is 2.35. The molecule has 0 aliphatic carbocycles.